The van der Waals surface area contributed by atoms with Gasteiger partial charge in [0, 0.05) is 10.2 Å². The predicted octanol–water partition coefficient (Wildman–Crippen LogP) is 3.11. The predicted molar refractivity (Wildman–Crippen MR) is 64.1 cm³/mol. The number of hydrogen-bond acceptors (Lipinski definition) is 2. The third-order valence-electron chi connectivity index (χ3n) is 2.42. The molecule has 0 heterocycles. The monoisotopic (exact) mass is 271 g/mol. The standard InChI is InChI=1S/C11H14BrNO2/c1-3-11(2,10(14)15)13-9-6-4-5-8(12)7-9/h4-7,13H,3H2,1-2H3,(H,14,15)/t11-/m1/s1. The first-order valence-electron chi connectivity index (χ1n) is 4.75. The van der Waals surface area contributed by atoms with Gasteiger partial charge in [0.25, 0.3) is 0 Å². The fourth-order valence-electron chi connectivity index (χ4n) is 1.18. The number of aliphatic carboxylic acids is 1. The lowest BCUT2D eigenvalue weighted by molar-refractivity contribution is -0.141. The maximum absolute atomic E-state index is 11.1. The number of rotatable bonds is 4. The van der Waals surface area contributed by atoms with Crippen molar-refractivity contribution in [3.05, 3.63) is 28.7 Å². The van der Waals surface area contributed by atoms with Crippen LogP contribution in [0, 0.1) is 0 Å². The van der Waals surface area contributed by atoms with Gasteiger partial charge in [0.15, 0.2) is 0 Å². The highest BCUT2D eigenvalue weighted by Gasteiger charge is 2.30. The van der Waals surface area contributed by atoms with Crippen LogP contribution in [0.4, 0.5) is 5.69 Å². The number of hydrogen-bond donors (Lipinski definition) is 2. The molecule has 0 saturated carbocycles. The molecule has 1 rings (SSSR count). The van der Waals surface area contributed by atoms with Gasteiger partial charge in [-0.15, -0.1) is 0 Å². The van der Waals surface area contributed by atoms with E-state index in [1.54, 1.807) is 6.92 Å². The molecule has 15 heavy (non-hydrogen) atoms. The van der Waals surface area contributed by atoms with Crippen molar-refractivity contribution in [2.45, 2.75) is 25.8 Å². The van der Waals surface area contributed by atoms with Gasteiger partial charge in [-0.1, -0.05) is 28.9 Å². The van der Waals surface area contributed by atoms with E-state index in [1.807, 2.05) is 31.2 Å². The SMILES string of the molecule is CC[C@@](C)(Nc1cccc(Br)c1)C(=O)O. The molecule has 0 amide bonds. The van der Waals surface area contributed by atoms with Crippen LogP contribution < -0.4 is 5.32 Å². The molecule has 0 aliphatic heterocycles. The van der Waals surface area contributed by atoms with E-state index in [4.69, 9.17) is 5.11 Å². The third kappa shape index (κ3) is 2.96. The van der Waals surface area contributed by atoms with Gasteiger partial charge in [-0.25, -0.2) is 4.79 Å². The van der Waals surface area contributed by atoms with E-state index in [2.05, 4.69) is 21.2 Å². The van der Waals surface area contributed by atoms with Crippen LogP contribution in [0.1, 0.15) is 20.3 Å². The van der Waals surface area contributed by atoms with Crippen molar-refractivity contribution < 1.29 is 9.90 Å². The molecule has 0 fully saturated rings. The summed E-state index contributed by atoms with van der Waals surface area (Å²) in [5.41, 5.74) is -0.114. The van der Waals surface area contributed by atoms with Crippen LogP contribution in [-0.2, 0) is 4.79 Å². The second-order valence-corrected chi connectivity index (χ2v) is 4.54. The number of carbonyl (C=O) groups is 1. The fraction of sp³-hybridized carbons (Fsp3) is 0.364. The molecule has 1 aromatic rings. The van der Waals surface area contributed by atoms with E-state index in [1.165, 1.54) is 0 Å². The number of anilines is 1. The number of halogens is 1. The van der Waals surface area contributed by atoms with Gasteiger partial charge in [0.2, 0.25) is 0 Å². The molecule has 82 valence electrons. The highest BCUT2D eigenvalue weighted by Crippen LogP contribution is 2.21. The molecule has 3 nitrogen and oxygen atoms in total. The molecule has 2 N–H and O–H groups in total. The van der Waals surface area contributed by atoms with Gasteiger partial charge in [-0.2, -0.15) is 0 Å². The molecule has 1 aromatic carbocycles. The maximum atomic E-state index is 11.1. The van der Waals surface area contributed by atoms with Gasteiger partial charge in [-0.3, -0.25) is 0 Å². The first-order chi connectivity index (χ1) is 6.98. The summed E-state index contributed by atoms with van der Waals surface area (Å²) >= 11 is 3.34. The minimum Gasteiger partial charge on any atom is -0.480 e. The molecule has 0 radical (unpaired) electrons. The van der Waals surface area contributed by atoms with E-state index in [0.717, 1.165) is 10.2 Å². The fourth-order valence-corrected chi connectivity index (χ4v) is 1.58. The van der Waals surface area contributed by atoms with Gasteiger partial charge >= 0.3 is 5.97 Å². The zero-order chi connectivity index (χ0) is 11.5. The quantitative estimate of drug-likeness (QED) is 0.885. The Hall–Kier alpha value is -1.03. The molecular formula is C11H14BrNO2. The average molecular weight is 272 g/mol. The van der Waals surface area contributed by atoms with Gasteiger partial charge in [-0.05, 0) is 31.5 Å². The van der Waals surface area contributed by atoms with Crippen molar-refractivity contribution in [1.29, 1.82) is 0 Å². The van der Waals surface area contributed by atoms with Gasteiger partial charge < -0.3 is 10.4 Å². The molecule has 0 aromatic heterocycles. The van der Waals surface area contributed by atoms with Crippen molar-refractivity contribution in [3.8, 4) is 0 Å². The van der Waals surface area contributed by atoms with Crippen LogP contribution in [0.5, 0.6) is 0 Å². The smallest absolute Gasteiger partial charge is 0.329 e. The van der Waals surface area contributed by atoms with E-state index in [-0.39, 0.29) is 0 Å². The van der Waals surface area contributed by atoms with E-state index >= 15 is 0 Å². The molecular weight excluding hydrogens is 258 g/mol. The van der Waals surface area contributed by atoms with Crippen molar-refractivity contribution in [2.75, 3.05) is 5.32 Å². The number of nitrogens with one attached hydrogen (secondary N) is 1. The molecule has 0 aliphatic carbocycles. The van der Waals surface area contributed by atoms with Crippen LogP contribution in [0.2, 0.25) is 0 Å². The average Bonchev–Trinajstić information content (AvgIpc) is 2.17. The van der Waals surface area contributed by atoms with Crippen LogP contribution in [0.25, 0.3) is 0 Å². The molecule has 0 bridgehead atoms. The Morgan fingerprint density at radius 2 is 2.27 bits per heavy atom. The Labute approximate surface area is 97.6 Å². The molecule has 1 atom stereocenters. The molecule has 0 unspecified atom stereocenters. The second-order valence-electron chi connectivity index (χ2n) is 3.63. The van der Waals surface area contributed by atoms with Crippen LogP contribution >= 0.6 is 15.9 Å². The summed E-state index contributed by atoms with van der Waals surface area (Å²) in [5, 5.41) is 12.1. The maximum Gasteiger partial charge on any atom is 0.329 e. The summed E-state index contributed by atoms with van der Waals surface area (Å²) in [6.45, 7) is 3.52. The van der Waals surface area contributed by atoms with Crippen molar-refractivity contribution in [3.63, 3.8) is 0 Å². The highest BCUT2D eigenvalue weighted by atomic mass is 79.9. The highest BCUT2D eigenvalue weighted by molar-refractivity contribution is 9.10. The topological polar surface area (TPSA) is 49.3 Å². The first kappa shape index (κ1) is 12.0. The van der Waals surface area contributed by atoms with E-state index < -0.39 is 11.5 Å². The summed E-state index contributed by atoms with van der Waals surface area (Å²) in [5.74, 6) is -0.843. The van der Waals surface area contributed by atoms with Crippen molar-refractivity contribution >= 4 is 27.6 Å². The lowest BCUT2D eigenvalue weighted by Gasteiger charge is -2.25. The summed E-state index contributed by atoms with van der Waals surface area (Å²) in [7, 11) is 0. The molecule has 0 aliphatic rings. The van der Waals surface area contributed by atoms with Crippen molar-refractivity contribution in [2.24, 2.45) is 0 Å². The first-order valence-corrected chi connectivity index (χ1v) is 5.54. The largest absolute Gasteiger partial charge is 0.480 e. The normalized spacial score (nSPS) is 14.3. The van der Waals surface area contributed by atoms with Crippen LogP contribution in [0.3, 0.4) is 0 Å². The summed E-state index contributed by atoms with van der Waals surface area (Å²) in [6.07, 6.45) is 0.523. The summed E-state index contributed by atoms with van der Waals surface area (Å²) < 4.78 is 0.927. The Bertz CT molecular complexity index is 367. The zero-order valence-electron chi connectivity index (χ0n) is 8.75. The third-order valence-corrected chi connectivity index (χ3v) is 2.92. The van der Waals surface area contributed by atoms with E-state index in [9.17, 15) is 4.79 Å². The number of benzene rings is 1. The molecule has 0 spiro atoms. The Morgan fingerprint density at radius 3 is 2.73 bits per heavy atom. The summed E-state index contributed by atoms with van der Waals surface area (Å²) in [6, 6.07) is 7.47. The summed E-state index contributed by atoms with van der Waals surface area (Å²) in [4.78, 5) is 11.1. The van der Waals surface area contributed by atoms with E-state index in [0.29, 0.717) is 6.42 Å². The van der Waals surface area contributed by atoms with Gasteiger partial charge in [0.1, 0.15) is 5.54 Å². The van der Waals surface area contributed by atoms with Gasteiger partial charge in [0.05, 0.1) is 0 Å². The number of carboxylic acid groups (broad SMARTS) is 1. The second kappa shape index (κ2) is 4.66. The minimum atomic E-state index is -0.916. The lowest BCUT2D eigenvalue weighted by Crippen LogP contribution is -2.42. The van der Waals surface area contributed by atoms with Crippen molar-refractivity contribution in [1.82, 2.24) is 0 Å². The zero-order valence-corrected chi connectivity index (χ0v) is 10.3. The van der Waals surface area contributed by atoms with Crippen LogP contribution in [0.15, 0.2) is 28.7 Å². The number of carboxylic acids is 1. The van der Waals surface area contributed by atoms with Crippen LogP contribution in [-0.4, -0.2) is 16.6 Å². The lowest BCUT2D eigenvalue weighted by atomic mass is 9.99. The molecule has 0 saturated heterocycles. The molecule has 4 heteroatoms. The minimum absolute atomic E-state index is 0.523. The Kier molecular flexibility index (Phi) is 3.74. The Balaban J connectivity index is 2.89. The Morgan fingerprint density at radius 1 is 1.60 bits per heavy atom.